The van der Waals surface area contributed by atoms with Crippen LogP contribution in [0, 0.1) is 0 Å². The summed E-state index contributed by atoms with van der Waals surface area (Å²) in [5.41, 5.74) is 4.36. The van der Waals surface area contributed by atoms with Crippen molar-refractivity contribution in [1.29, 1.82) is 0 Å². The lowest BCUT2D eigenvalue weighted by molar-refractivity contribution is -0.0600. The third-order valence-corrected chi connectivity index (χ3v) is 0.785. The van der Waals surface area contributed by atoms with E-state index in [1.54, 1.807) is 0 Å². The van der Waals surface area contributed by atoms with Crippen LogP contribution in [0.1, 0.15) is 0 Å². The van der Waals surface area contributed by atoms with E-state index in [-0.39, 0.29) is 13.6 Å². The summed E-state index contributed by atoms with van der Waals surface area (Å²) in [6.45, 7) is 0.0394. The third kappa shape index (κ3) is 24.5. The summed E-state index contributed by atoms with van der Waals surface area (Å²) in [6, 6.07) is -1.06. The zero-order chi connectivity index (χ0) is 12.1. The summed E-state index contributed by atoms with van der Waals surface area (Å²) in [6.07, 6.45) is -1.44. The Morgan fingerprint density at radius 2 is 1.53 bits per heavy atom. The first-order chi connectivity index (χ1) is 7.04. The fourth-order valence-electron chi connectivity index (χ4n) is 0.352. The number of nitrogens with two attached hydrogens (primary N) is 1. The molecule has 0 aliphatic carbocycles. The molecule has 0 aromatic heterocycles. The lowest BCUT2D eigenvalue weighted by atomic mass is 10.8. The maximum atomic E-state index is 9.54. The second kappa shape index (κ2) is 12.6. The van der Waals surface area contributed by atoms with Gasteiger partial charge in [-0.15, -0.1) is 0 Å². The average Bonchev–Trinajstić information content (AvgIpc) is 2.11. The maximum Gasteiger partial charge on any atom is 0.412 e. The number of rotatable bonds is 5. The van der Waals surface area contributed by atoms with Crippen LogP contribution in [-0.2, 0) is 9.47 Å². The monoisotopic (exact) mass is 226 g/mol. The van der Waals surface area contributed by atoms with E-state index < -0.39 is 12.1 Å². The lowest BCUT2D eigenvalue weighted by Gasteiger charge is -1.97. The van der Waals surface area contributed by atoms with Gasteiger partial charge in [0, 0.05) is 0 Å². The van der Waals surface area contributed by atoms with Gasteiger partial charge in [-0.3, -0.25) is 0 Å². The molecule has 0 saturated heterocycles. The zero-order valence-corrected chi connectivity index (χ0v) is 7.88. The quantitative estimate of drug-likeness (QED) is 0.275. The molecule has 0 heterocycles. The van der Waals surface area contributed by atoms with Crippen molar-refractivity contribution in [2.45, 2.75) is 0 Å². The molecule has 0 aliphatic heterocycles. The first-order valence-corrected chi connectivity index (χ1v) is 3.71. The van der Waals surface area contributed by atoms with Crippen LogP contribution in [-0.4, -0.2) is 54.2 Å². The number of hydrogen-bond acceptors (Lipinski definition) is 6. The molecule has 0 spiro atoms. The number of aliphatic hydroxyl groups is 2. The highest BCUT2D eigenvalue weighted by Gasteiger charge is 1.94. The lowest BCUT2D eigenvalue weighted by Crippen LogP contribution is -2.33. The number of imide groups is 1. The van der Waals surface area contributed by atoms with Crippen LogP contribution in [0.2, 0.25) is 0 Å². The molecule has 0 aromatic carbocycles. The molecule has 3 amide bonds. The van der Waals surface area contributed by atoms with Crippen LogP contribution in [0.3, 0.4) is 0 Å². The van der Waals surface area contributed by atoms with Crippen LogP contribution >= 0.6 is 0 Å². The van der Waals surface area contributed by atoms with Gasteiger partial charge in [0.05, 0.1) is 13.2 Å². The minimum atomic E-state index is -1.44. The number of nitrogens with one attached hydrogen (secondary N) is 1. The van der Waals surface area contributed by atoms with Crippen molar-refractivity contribution in [3.8, 4) is 0 Å². The molecule has 0 unspecified atom stereocenters. The third-order valence-electron chi connectivity index (χ3n) is 0.785. The number of carbonyl (C=O) groups excluding carboxylic acids is 1. The smallest absolute Gasteiger partial charge is 0.412 e. The van der Waals surface area contributed by atoms with E-state index in [1.165, 1.54) is 5.32 Å². The number of ether oxygens (including phenoxy) is 2. The minimum Gasteiger partial charge on any atom is -0.465 e. The number of carboxylic acid groups (broad SMARTS) is 1. The topological polar surface area (TPSA) is 151 Å². The van der Waals surface area contributed by atoms with Gasteiger partial charge in [0.2, 0.25) is 0 Å². The Labute approximate surface area is 85.4 Å². The Morgan fingerprint density at radius 3 is 1.67 bits per heavy atom. The number of carbonyl (C=O) groups is 2. The molecule has 0 bridgehead atoms. The molecule has 0 rings (SSSR count). The van der Waals surface area contributed by atoms with Gasteiger partial charge in [0.25, 0.3) is 0 Å². The second-order valence-electron chi connectivity index (χ2n) is 1.87. The highest BCUT2D eigenvalue weighted by molar-refractivity contribution is 5.88. The minimum absolute atomic E-state index is 0.297. The Hall–Kier alpha value is -1.42. The SMILES string of the molecule is NC(=O)NC(=O)O.OCOCCOCO. The molecule has 0 radical (unpaired) electrons. The predicted molar refractivity (Wildman–Crippen MR) is 46.8 cm³/mol. The van der Waals surface area contributed by atoms with E-state index in [1.807, 2.05) is 0 Å². The van der Waals surface area contributed by atoms with Crippen molar-refractivity contribution in [3.63, 3.8) is 0 Å². The maximum absolute atomic E-state index is 9.54. The van der Waals surface area contributed by atoms with E-state index in [0.29, 0.717) is 13.2 Å². The molecule has 9 nitrogen and oxygen atoms in total. The van der Waals surface area contributed by atoms with Crippen molar-refractivity contribution in [2.24, 2.45) is 5.73 Å². The molecule has 0 atom stereocenters. The van der Waals surface area contributed by atoms with Crippen LogP contribution in [0.5, 0.6) is 0 Å². The molecular weight excluding hydrogens is 212 g/mol. The number of hydrogen-bond donors (Lipinski definition) is 5. The van der Waals surface area contributed by atoms with Crippen LogP contribution in [0.25, 0.3) is 0 Å². The molecule has 0 aliphatic rings. The van der Waals surface area contributed by atoms with Crippen LogP contribution < -0.4 is 11.1 Å². The van der Waals surface area contributed by atoms with Crippen molar-refractivity contribution >= 4 is 12.1 Å². The second-order valence-corrected chi connectivity index (χ2v) is 1.87. The number of amides is 3. The van der Waals surface area contributed by atoms with E-state index >= 15 is 0 Å². The molecule has 0 fully saturated rings. The van der Waals surface area contributed by atoms with Gasteiger partial charge >= 0.3 is 12.1 Å². The fraction of sp³-hybridized carbons (Fsp3) is 0.667. The summed E-state index contributed by atoms with van der Waals surface area (Å²) in [5.74, 6) is 0. The van der Waals surface area contributed by atoms with Gasteiger partial charge in [0.1, 0.15) is 13.6 Å². The summed E-state index contributed by atoms with van der Waals surface area (Å²) >= 11 is 0. The average molecular weight is 226 g/mol. The van der Waals surface area contributed by atoms with Crippen molar-refractivity contribution < 1.29 is 34.4 Å². The van der Waals surface area contributed by atoms with Crippen molar-refractivity contribution in [3.05, 3.63) is 0 Å². The van der Waals surface area contributed by atoms with Gasteiger partial charge in [-0.2, -0.15) is 0 Å². The number of primary amides is 1. The van der Waals surface area contributed by atoms with Crippen molar-refractivity contribution in [1.82, 2.24) is 5.32 Å². The number of urea groups is 1. The van der Waals surface area contributed by atoms with E-state index in [0.717, 1.165) is 0 Å². The van der Waals surface area contributed by atoms with Gasteiger partial charge < -0.3 is 30.5 Å². The molecule has 0 aromatic rings. The van der Waals surface area contributed by atoms with E-state index in [9.17, 15) is 9.59 Å². The Balaban J connectivity index is 0. The molecule has 0 saturated carbocycles. The largest absolute Gasteiger partial charge is 0.465 e. The first-order valence-electron chi connectivity index (χ1n) is 3.71. The first kappa shape index (κ1) is 16.0. The van der Waals surface area contributed by atoms with Crippen LogP contribution in [0.4, 0.5) is 9.59 Å². The zero-order valence-electron chi connectivity index (χ0n) is 7.88. The van der Waals surface area contributed by atoms with Gasteiger partial charge in [-0.05, 0) is 0 Å². The highest BCUT2D eigenvalue weighted by atomic mass is 16.6. The standard InChI is InChI=1S/C4H10O4.C2H4N2O3/c5-3-7-1-2-8-4-6;3-1(5)4-2(6)7/h5-6H,1-4H2;(H,6,7)(H3,3,4,5). The van der Waals surface area contributed by atoms with Gasteiger partial charge in [-0.1, -0.05) is 0 Å². The molecule has 15 heavy (non-hydrogen) atoms. The highest BCUT2D eigenvalue weighted by Crippen LogP contribution is 1.72. The Kier molecular flexibility index (Phi) is 13.4. The molecule has 6 N–H and O–H groups in total. The van der Waals surface area contributed by atoms with Crippen LogP contribution in [0.15, 0.2) is 0 Å². The Morgan fingerprint density at radius 1 is 1.13 bits per heavy atom. The van der Waals surface area contributed by atoms with Crippen molar-refractivity contribution in [2.75, 3.05) is 26.8 Å². The summed E-state index contributed by atoms with van der Waals surface area (Å²) in [7, 11) is 0. The summed E-state index contributed by atoms with van der Waals surface area (Å²) in [4.78, 5) is 18.9. The van der Waals surface area contributed by atoms with Gasteiger partial charge in [0.15, 0.2) is 0 Å². The summed E-state index contributed by atoms with van der Waals surface area (Å²) < 4.78 is 8.91. The van der Waals surface area contributed by atoms with E-state index in [4.69, 9.17) is 15.3 Å². The Bertz CT molecular complexity index is 157. The summed E-state index contributed by atoms with van der Waals surface area (Å²) in [5, 5.41) is 25.1. The molecule has 9 heteroatoms. The molecular formula is C6H14N2O7. The van der Waals surface area contributed by atoms with E-state index in [2.05, 4.69) is 15.2 Å². The normalized spacial score (nSPS) is 8.67. The molecule has 90 valence electrons. The fourth-order valence-corrected chi connectivity index (χ4v) is 0.352. The number of aliphatic hydroxyl groups excluding tert-OH is 2. The van der Waals surface area contributed by atoms with Gasteiger partial charge in [-0.25, -0.2) is 14.9 Å². The predicted octanol–water partition coefficient (Wildman–Crippen LogP) is -1.75.